The Bertz CT molecular complexity index is 3520. The minimum absolute atomic E-state index is 0.0184. The number of anilines is 1. The first-order valence-corrected chi connectivity index (χ1v) is 32.4. The Morgan fingerprint density at radius 3 is 2.05 bits per heavy atom. The highest BCUT2D eigenvalue weighted by Crippen LogP contribution is 2.39. The number of piperidine rings is 1. The SMILES string of the molecule is COC1(c2ccc(Cl)cc2)CCN(c2ccc(-c3nnc(-c4ccc(C(=O)N[C@H]5C[C@H](O)CNC(=O)[C@@H]6[C@@H](O)[C@H](C)CN6C(=O)[C@H]([C@H](O)CCN)NC(=O)[C@H]([C@H](O)Cc6ccc(O)c(OSOOO)c6)NC(=O)[C@@H]6C[C@H](O)CN6C(=O)[C@H]([C@H](C)O)NC5=O)cc4)s3)cc2)CC1. The zero-order valence-electron chi connectivity index (χ0n) is 51.7. The number of aliphatic hydroxyl groups excluding tert-OH is 6. The van der Waals surface area contributed by atoms with Crippen LogP contribution in [0, 0.1) is 5.92 Å². The maximum absolute atomic E-state index is 14.7. The number of carbonyl (C=O) groups is 7. The number of fused-ring (bicyclic) bond motifs is 2. The zero-order valence-corrected chi connectivity index (χ0v) is 54.1. The molecule has 0 spiro atoms. The highest BCUT2D eigenvalue weighted by atomic mass is 35.5. The molecule has 0 saturated carbocycles. The number of phenolic OH excluding ortho intramolecular Hbond substituents is 1. The summed E-state index contributed by atoms with van der Waals surface area (Å²) >= 11 is 7.55. The van der Waals surface area contributed by atoms with Crippen LogP contribution in [-0.2, 0) is 54.9 Å². The van der Waals surface area contributed by atoms with Gasteiger partial charge in [-0.2, -0.15) is 0 Å². The van der Waals surface area contributed by atoms with Crippen LogP contribution in [0.1, 0.15) is 67.4 Å². The van der Waals surface area contributed by atoms with Crippen LogP contribution >= 0.6 is 35.3 Å². The molecule has 95 heavy (non-hydrogen) atoms. The number of hydrogen-bond acceptors (Lipinski definition) is 25. The number of aromatic nitrogens is 2. The highest BCUT2D eigenvalue weighted by molar-refractivity contribution is 7.90. The summed E-state index contributed by atoms with van der Waals surface area (Å²) in [5, 5.41) is 114. The summed E-state index contributed by atoms with van der Waals surface area (Å²) in [7, 11) is 1.73. The van der Waals surface area contributed by atoms with E-state index < -0.39 is 164 Å². The number of nitrogens with one attached hydrogen (secondary N) is 5. The number of carbonyl (C=O) groups excluding carboxylic acids is 7. The number of nitrogens with zero attached hydrogens (tertiary/aromatic N) is 5. The minimum Gasteiger partial charge on any atom is -0.504 e. The molecule has 9 rings (SSSR count). The topological polar surface area (TPSA) is 440 Å². The molecule has 0 aliphatic carbocycles. The number of β-amino-alcohol motifs (C(OH)–C–C–N with tert-alkyl or cyclic N) is 1. The zero-order chi connectivity index (χ0) is 68.4. The Hall–Kier alpha value is -7.67. The molecular formula is C62H76ClN11O19S2. The molecule has 13 atom stereocenters. The normalized spacial score (nSPS) is 25.8. The summed E-state index contributed by atoms with van der Waals surface area (Å²) < 4.78 is 15.4. The minimum atomic E-state index is -2.11. The van der Waals surface area contributed by atoms with Gasteiger partial charge < -0.3 is 91.7 Å². The van der Waals surface area contributed by atoms with Gasteiger partial charge in [0.05, 0.1) is 42.2 Å². The molecule has 4 aliphatic rings. The molecule has 512 valence electrons. The number of hydrogen-bond donors (Lipinski definition) is 14. The van der Waals surface area contributed by atoms with Crippen LogP contribution in [0.3, 0.4) is 0 Å². The van der Waals surface area contributed by atoms with Gasteiger partial charge in [-0.15, -0.1) is 10.2 Å². The van der Waals surface area contributed by atoms with E-state index in [1.165, 1.54) is 42.5 Å². The van der Waals surface area contributed by atoms with Gasteiger partial charge in [0.25, 0.3) is 18.2 Å². The lowest BCUT2D eigenvalue weighted by Gasteiger charge is -2.42. The van der Waals surface area contributed by atoms with Crippen LogP contribution in [0.25, 0.3) is 21.1 Å². The maximum Gasteiger partial charge on any atom is 0.261 e. The maximum atomic E-state index is 14.7. The summed E-state index contributed by atoms with van der Waals surface area (Å²) in [4.78, 5) is 106. The molecule has 33 heteroatoms. The van der Waals surface area contributed by atoms with Crippen LogP contribution in [0.15, 0.2) is 91.0 Å². The Morgan fingerprint density at radius 1 is 0.789 bits per heavy atom. The Kier molecular flexibility index (Phi) is 24.1. The summed E-state index contributed by atoms with van der Waals surface area (Å²) in [6.45, 7) is 2.37. The van der Waals surface area contributed by atoms with Gasteiger partial charge in [-0.3, -0.25) is 33.6 Å². The molecule has 15 N–H and O–H groups in total. The van der Waals surface area contributed by atoms with Gasteiger partial charge in [0.1, 0.15) is 46.3 Å². The van der Waals surface area contributed by atoms with E-state index in [4.69, 9.17) is 31.5 Å². The van der Waals surface area contributed by atoms with Crippen molar-refractivity contribution in [1.29, 1.82) is 0 Å². The fourth-order valence-electron chi connectivity index (χ4n) is 12.2. The quantitative estimate of drug-likeness (QED) is 0.0238. The van der Waals surface area contributed by atoms with Crippen molar-refractivity contribution in [2.75, 3.05) is 51.3 Å². The van der Waals surface area contributed by atoms with E-state index in [9.17, 15) is 69.3 Å². The van der Waals surface area contributed by atoms with Crippen LogP contribution in [0.2, 0.25) is 5.02 Å². The third-order valence-electron chi connectivity index (χ3n) is 17.5. The fourth-order valence-corrected chi connectivity index (χ4v) is 13.4. The number of aliphatic hydroxyl groups is 6. The molecular weight excluding hydrogens is 1300 g/mol. The number of amides is 7. The van der Waals surface area contributed by atoms with Crippen molar-refractivity contribution >= 4 is 82.3 Å². The lowest BCUT2D eigenvalue weighted by Crippen LogP contribution is -2.64. The number of halogens is 1. The lowest BCUT2D eigenvalue weighted by molar-refractivity contribution is -0.433. The van der Waals surface area contributed by atoms with E-state index in [0.717, 1.165) is 65.5 Å². The smallest absolute Gasteiger partial charge is 0.261 e. The van der Waals surface area contributed by atoms with Gasteiger partial charge in [0, 0.05) is 92.4 Å². The molecule has 5 aromatic rings. The van der Waals surface area contributed by atoms with Gasteiger partial charge in [0.2, 0.25) is 35.4 Å². The largest absolute Gasteiger partial charge is 0.504 e. The highest BCUT2D eigenvalue weighted by Gasteiger charge is 2.50. The van der Waals surface area contributed by atoms with Crippen molar-refractivity contribution in [3.8, 4) is 32.6 Å². The van der Waals surface area contributed by atoms with Crippen molar-refractivity contribution < 1.29 is 92.9 Å². The summed E-state index contributed by atoms with van der Waals surface area (Å²) in [6.07, 6.45) is -10.7. The summed E-state index contributed by atoms with van der Waals surface area (Å²) in [5.74, 6) is -9.35. The third kappa shape index (κ3) is 16.9. The van der Waals surface area contributed by atoms with Crippen LogP contribution < -0.4 is 41.4 Å². The summed E-state index contributed by atoms with van der Waals surface area (Å²) in [5.41, 5.74) is 9.06. The standard InChI is InChI=1S/C62H76ClN11O19S2/c1-31-29-74-51(52(31)81)57(86)65-28-40(76)26-42(66-53(82)34-5-7-35(8-6-34)58-70-71-59(94-58)36-9-15-39(16-10-36)72-22-19-62(90-3,20-23-72)37-11-13-38(63)14-12-37)54(83)67-48(32(2)75)60(87)73-30-41(77)27-43(73)55(84)68-49(56(85)69-50(61(74)88)45(79)18-21-64)46(80)24-33-4-17-44(78)47(25-33)91-95-93-92-89/h4-17,25,31-32,40-43,45-46,48-52,75-81,89H,18-24,26-30,64H2,1-3H3,(H,65,86)(H,66,82)(H,67,83)(H,68,84)(H,69,85)/t31-,32+,40+,41+,42+,43+,45-,46-,48+,49+,50+,51+,52+/m1/s1. The van der Waals surface area contributed by atoms with E-state index in [2.05, 4.69) is 51.1 Å². The molecule has 4 fully saturated rings. The van der Waals surface area contributed by atoms with Crippen LogP contribution in [0.5, 0.6) is 11.5 Å². The molecule has 0 radical (unpaired) electrons. The van der Waals surface area contributed by atoms with Crippen LogP contribution in [-0.4, -0.2) is 222 Å². The monoisotopic (exact) mass is 1380 g/mol. The fraction of sp³-hybridized carbons (Fsp3) is 0.468. The summed E-state index contributed by atoms with van der Waals surface area (Å²) in [6, 6.07) is 14.3. The van der Waals surface area contributed by atoms with Gasteiger partial charge >= 0.3 is 0 Å². The van der Waals surface area contributed by atoms with Crippen molar-refractivity contribution in [3.63, 3.8) is 0 Å². The van der Waals surface area contributed by atoms with Crippen molar-refractivity contribution in [1.82, 2.24) is 46.6 Å². The van der Waals surface area contributed by atoms with E-state index in [-0.39, 0.29) is 48.7 Å². The van der Waals surface area contributed by atoms with Crippen molar-refractivity contribution in [2.45, 2.75) is 131 Å². The van der Waals surface area contributed by atoms with Gasteiger partial charge in [-0.1, -0.05) is 69.6 Å². The van der Waals surface area contributed by atoms with E-state index in [0.29, 0.717) is 20.6 Å². The molecule has 4 aromatic carbocycles. The second-order valence-electron chi connectivity index (χ2n) is 23.9. The van der Waals surface area contributed by atoms with E-state index in [1.807, 2.05) is 48.5 Å². The molecule has 0 unspecified atom stereocenters. The molecule has 5 heterocycles. The first-order valence-electron chi connectivity index (χ1n) is 30.6. The third-order valence-corrected chi connectivity index (χ3v) is 19.1. The number of ether oxygens (including phenoxy) is 1. The van der Waals surface area contributed by atoms with E-state index >= 15 is 0 Å². The van der Waals surface area contributed by atoms with Gasteiger partial charge in [0.15, 0.2) is 11.5 Å². The first kappa shape index (κ1) is 71.6. The van der Waals surface area contributed by atoms with Crippen molar-refractivity contribution in [2.24, 2.45) is 11.7 Å². The molecule has 30 nitrogen and oxygen atoms in total. The lowest BCUT2D eigenvalue weighted by atomic mass is 9.84. The van der Waals surface area contributed by atoms with E-state index in [1.54, 1.807) is 19.2 Å². The van der Waals surface area contributed by atoms with Gasteiger partial charge in [-0.05, 0) is 105 Å². The first-order chi connectivity index (χ1) is 45.4. The Morgan fingerprint density at radius 2 is 1.42 bits per heavy atom. The molecule has 4 saturated heterocycles. The molecule has 4 aliphatic heterocycles. The number of rotatable bonds is 18. The van der Waals surface area contributed by atoms with Crippen LogP contribution in [0.4, 0.5) is 5.69 Å². The molecule has 0 bridgehead atoms. The van der Waals surface area contributed by atoms with Crippen molar-refractivity contribution in [3.05, 3.63) is 113 Å². The predicted molar refractivity (Wildman–Crippen MR) is 342 cm³/mol. The second-order valence-corrected chi connectivity index (χ2v) is 25.8. The Labute approximate surface area is 558 Å². The van der Waals surface area contributed by atoms with Gasteiger partial charge in [-0.25, -0.2) is 5.26 Å². The molecule has 7 amide bonds. The number of phenols is 1. The average molecular weight is 1380 g/mol. The number of aromatic hydroxyl groups is 1. The average Bonchev–Trinajstić information content (AvgIpc) is 1.78. The molecule has 1 aromatic heterocycles. The second kappa shape index (κ2) is 31.9. The number of nitrogens with two attached hydrogens (primary N) is 1. The number of methoxy groups -OCH3 is 1. The Balaban J connectivity index is 0.952. The predicted octanol–water partition coefficient (Wildman–Crippen LogP) is 0.0337. The number of benzene rings is 4.